The second-order valence-corrected chi connectivity index (χ2v) is 3.94. The van der Waals surface area contributed by atoms with Crippen LogP contribution >= 0.6 is 11.6 Å². The van der Waals surface area contributed by atoms with Crippen LogP contribution in [0.15, 0.2) is 18.2 Å². The van der Waals surface area contributed by atoms with E-state index in [1.54, 1.807) is 0 Å². The predicted octanol–water partition coefficient (Wildman–Crippen LogP) is 0.0516. The van der Waals surface area contributed by atoms with E-state index in [-0.39, 0.29) is 29.4 Å². The summed E-state index contributed by atoms with van der Waals surface area (Å²) in [7, 11) is 0. The predicted molar refractivity (Wildman–Crippen MR) is 69.1 cm³/mol. The SMILES string of the molecule is NCC(=O)NCC(=O)Nc1ccc(Cl)c(C(=O)O)c1. The Labute approximate surface area is 113 Å². The summed E-state index contributed by atoms with van der Waals surface area (Å²) in [6, 6.07) is 4.05. The molecule has 0 aliphatic rings. The first-order chi connectivity index (χ1) is 8.93. The number of hydrogen-bond donors (Lipinski definition) is 4. The van der Waals surface area contributed by atoms with Gasteiger partial charge in [-0.05, 0) is 18.2 Å². The zero-order valence-corrected chi connectivity index (χ0v) is 10.5. The van der Waals surface area contributed by atoms with E-state index >= 15 is 0 Å². The molecule has 0 saturated carbocycles. The maximum atomic E-state index is 11.5. The summed E-state index contributed by atoms with van der Waals surface area (Å²) >= 11 is 5.68. The smallest absolute Gasteiger partial charge is 0.337 e. The van der Waals surface area contributed by atoms with Crippen LogP contribution in [0, 0.1) is 0 Å². The van der Waals surface area contributed by atoms with Gasteiger partial charge in [0.2, 0.25) is 11.8 Å². The summed E-state index contributed by atoms with van der Waals surface area (Å²) in [5.41, 5.74) is 5.21. The molecule has 0 spiro atoms. The first kappa shape index (κ1) is 14.9. The minimum Gasteiger partial charge on any atom is -0.478 e. The van der Waals surface area contributed by atoms with Crippen molar-refractivity contribution in [3.8, 4) is 0 Å². The lowest BCUT2D eigenvalue weighted by Gasteiger charge is -2.07. The van der Waals surface area contributed by atoms with Crippen molar-refractivity contribution in [2.75, 3.05) is 18.4 Å². The van der Waals surface area contributed by atoms with Crippen LogP contribution in [0.25, 0.3) is 0 Å². The summed E-state index contributed by atoms with van der Waals surface area (Å²) in [5, 5.41) is 13.6. The molecule has 0 radical (unpaired) electrons. The number of nitrogens with one attached hydrogen (secondary N) is 2. The van der Waals surface area contributed by atoms with Gasteiger partial charge in [-0.25, -0.2) is 4.79 Å². The van der Waals surface area contributed by atoms with Gasteiger partial charge in [-0.3, -0.25) is 9.59 Å². The molecule has 1 rings (SSSR count). The van der Waals surface area contributed by atoms with E-state index in [4.69, 9.17) is 22.4 Å². The minimum absolute atomic E-state index is 0.0712. The fraction of sp³-hybridized carbons (Fsp3) is 0.182. The zero-order chi connectivity index (χ0) is 14.4. The third-order valence-corrected chi connectivity index (χ3v) is 2.44. The number of nitrogens with two attached hydrogens (primary N) is 1. The maximum Gasteiger partial charge on any atom is 0.337 e. The number of carboxylic acids is 1. The van der Waals surface area contributed by atoms with E-state index in [0.29, 0.717) is 0 Å². The lowest BCUT2D eigenvalue weighted by molar-refractivity contribution is -0.123. The van der Waals surface area contributed by atoms with E-state index < -0.39 is 17.8 Å². The molecule has 19 heavy (non-hydrogen) atoms. The Balaban J connectivity index is 2.67. The van der Waals surface area contributed by atoms with Crippen molar-refractivity contribution in [3.05, 3.63) is 28.8 Å². The van der Waals surface area contributed by atoms with Gasteiger partial charge >= 0.3 is 5.97 Å². The highest BCUT2D eigenvalue weighted by molar-refractivity contribution is 6.33. The number of carboxylic acid groups (broad SMARTS) is 1. The van der Waals surface area contributed by atoms with Gasteiger partial charge < -0.3 is 21.5 Å². The average molecular weight is 286 g/mol. The van der Waals surface area contributed by atoms with Gasteiger partial charge in [0.25, 0.3) is 0 Å². The fourth-order valence-electron chi connectivity index (χ4n) is 1.22. The number of benzene rings is 1. The molecular formula is C11H12ClN3O4. The molecule has 1 aromatic rings. The molecule has 0 fully saturated rings. The highest BCUT2D eigenvalue weighted by atomic mass is 35.5. The van der Waals surface area contributed by atoms with Crippen LogP contribution in [-0.4, -0.2) is 36.0 Å². The molecule has 8 heteroatoms. The highest BCUT2D eigenvalue weighted by Crippen LogP contribution is 2.20. The number of aromatic carboxylic acids is 1. The second kappa shape index (κ2) is 6.72. The Bertz CT molecular complexity index is 519. The third kappa shape index (κ3) is 4.57. The van der Waals surface area contributed by atoms with Crippen LogP contribution in [0.5, 0.6) is 0 Å². The first-order valence-corrected chi connectivity index (χ1v) is 5.61. The number of carbonyl (C=O) groups is 3. The molecule has 7 nitrogen and oxygen atoms in total. The number of halogens is 1. The van der Waals surface area contributed by atoms with Crippen molar-refractivity contribution in [2.24, 2.45) is 5.73 Å². The van der Waals surface area contributed by atoms with Crippen molar-refractivity contribution in [1.82, 2.24) is 5.32 Å². The summed E-state index contributed by atoms with van der Waals surface area (Å²) in [4.78, 5) is 33.1. The molecular weight excluding hydrogens is 274 g/mol. The first-order valence-electron chi connectivity index (χ1n) is 5.23. The third-order valence-electron chi connectivity index (χ3n) is 2.11. The van der Waals surface area contributed by atoms with Crippen molar-refractivity contribution in [2.45, 2.75) is 0 Å². The molecule has 0 heterocycles. The molecule has 0 aliphatic carbocycles. The maximum absolute atomic E-state index is 11.5. The van der Waals surface area contributed by atoms with E-state index in [9.17, 15) is 14.4 Å². The number of amides is 2. The largest absolute Gasteiger partial charge is 0.478 e. The zero-order valence-electron chi connectivity index (χ0n) is 9.77. The van der Waals surface area contributed by atoms with Crippen LogP contribution in [0.2, 0.25) is 5.02 Å². The Hall–Kier alpha value is -2.12. The minimum atomic E-state index is -1.20. The molecule has 0 aromatic heterocycles. The molecule has 0 atom stereocenters. The standard InChI is InChI=1S/C11H12ClN3O4/c12-8-2-1-6(3-7(8)11(18)19)15-10(17)5-14-9(16)4-13/h1-3H,4-5,13H2,(H,14,16)(H,15,17)(H,18,19). The van der Waals surface area contributed by atoms with Crippen molar-refractivity contribution in [1.29, 1.82) is 0 Å². The lowest BCUT2D eigenvalue weighted by Crippen LogP contribution is -2.36. The van der Waals surface area contributed by atoms with Crippen LogP contribution in [0.4, 0.5) is 5.69 Å². The molecule has 1 aromatic carbocycles. The molecule has 0 aliphatic heterocycles. The molecule has 0 bridgehead atoms. The number of rotatable bonds is 5. The molecule has 0 unspecified atom stereocenters. The topological polar surface area (TPSA) is 122 Å². The van der Waals surface area contributed by atoms with Crippen LogP contribution in [-0.2, 0) is 9.59 Å². The van der Waals surface area contributed by atoms with Gasteiger partial charge in [0.05, 0.1) is 23.7 Å². The van der Waals surface area contributed by atoms with Gasteiger partial charge in [-0.2, -0.15) is 0 Å². The van der Waals surface area contributed by atoms with E-state index in [1.165, 1.54) is 18.2 Å². The van der Waals surface area contributed by atoms with E-state index in [1.807, 2.05) is 0 Å². The van der Waals surface area contributed by atoms with E-state index in [0.717, 1.165) is 0 Å². The van der Waals surface area contributed by atoms with Crippen LogP contribution in [0.1, 0.15) is 10.4 Å². The van der Waals surface area contributed by atoms with Crippen molar-refractivity contribution < 1.29 is 19.5 Å². The van der Waals surface area contributed by atoms with Crippen molar-refractivity contribution in [3.63, 3.8) is 0 Å². The van der Waals surface area contributed by atoms with Gasteiger partial charge in [0.15, 0.2) is 0 Å². The average Bonchev–Trinajstić information content (AvgIpc) is 2.37. The number of carbonyl (C=O) groups excluding carboxylic acids is 2. The van der Waals surface area contributed by atoms with Gasteiger partial charge in [-0.1, -0.05) is 11.6 Å². The quantitative estimate of drug-likeness (QED) is 0.609. The number of hydrogen-bond acceptors (Lipinski definition) is 4. The Morgan fingerprint density at radius 1 is 1.26 bits per heavy atom. The fourth-order valence-corrected chi connectivity index (χ4v) is 1.42. The number of anilines is 1. The van der Waals surface area contributed by atoms with Gasteiger partial charge in [0, 0.05) is 5.69 Å². The monoisotopic (exact) mass is 285 g/mol. The highest BCUT2D eigenvalue weighted by Gasteiger charge is 2.11. The van der Waals surface area contributed by atoms with E-state index in [2.05, 4.69) is 10.6 Å². The molecule has 0 saturated heterocycles. The van der Waals surface area contributed by atoms with Crippen LogP contribution < -0.4 is 16.4 Å². The summed E-state index contributed by atoms with van der Waals surface area (Å²) in [6.07, 6.45) is 0. The normalized spacial score (nSPS) is 9.79. The van der Waals surface area contributed by atoms with Crippen molar-refractivity contribution >= 4 is 35.1 Å². The molecule has 102 valence electrons. The summed E-state index contributed by atoms with van der Waals surface area (Å²) in [6.45, 7) is -0.460. The van der Waals surface area contributed by atoms with Gasteiger partial charge in [-0.15, -0.1) is 0 Å². The Kier molecular flexibility index (Phi) is 5.28. The van der Waals surface area contributed by atoms with Crippen LogP contribution in [0.3, 0.4) is 0 Å². The van der Waals surface area contributed by atoms with Gasteiger partial charge in [0.1, 0.15) is 0 Å². The summed E-state index contributed by atoms with van der Waals surface area (Å²) < 4.78 is 0. The lowest BCUT2D eigenvalue weighted by atomic mass is 10.2. The summed E-state index contributed by atoms with van der Waals surface area (Å²) in [5.74, 6) is -2.16. The second-order valence-electron chi connectivity index (χ2n) is 3.53. The molecule has 5 N–H and O–H groups in total. The molecule has 2 amide bonds. The Morgan fingerprint density at radius 2 is 1.95 bits per heavy atom. The Morgan fingerprint density at radius 3 is 2.53 bits per heavy atom.